The van der Waals surface area contributed by atoms with Gasteiger partial charge in [-0.15, -0.1) is 0 Å². The Balaban J connectivity index is 1.69. The van der Waals surface area contributed by atoms with E-state index in [4.69, 9.17) is 4.74 Å². The highest BCUT2D eigenvalue weighted by Gasteiger charge is 2.24. The van der Waals surface area contributed by atoms with Crippen LogP contribution in [0, 0.1) is 5.82 Å². The van der Waals surface area contributed by atoms with Crippen molar-refractivity contribution >= 4 is 21.8 Å². The van der Waals surface area contributed by atoms with Crippen molar-refractivity contribution in [2.24, 2.45) is 0 Å². The Morgan fingerprint density at radius 2 is 2.07 bits per heavy atom. The van der Waals surface area contributed by atoms with E-state index in [-0.39, 0.29) is 23.6 Å². The first-order valence-corrected chi connectivity index (χ1v) is 9.86. The molecule has 1 amide bonds. The smallest absolute Gasteiger partial charge is 0.257 e. The maximum absolute atomic E-state index is 13.3. The quantitative estimate of drug-likeness (QED) is 0.756. The molecular weight excluding hydrogens is 413 g/mol. The maximum atomic E-state index is 13.3. The predicted octanol–water partition coefficient (Wildman–Crippen LogP) is 4.38. The third kappa shape index (κ3) is 5.05. The number of ether oxygens (including phenoxy) is 1. The molecule has 2 heterocycles. The second kappa shape index (κ2) is 8.80. The van der Waals surface area contributed by atoms with Gasteiger partial charge in [0.25, 0.3) is 5.91 Å². The van der Waals surface area contributed by atoms with Gasteiger partial charge in [0.2, 0.25) is 5.88 Å². The highest BCUT2D eigenvalue weighted by Crippen LogP contribution is 2.31. The van der Waals surface area contributed by atoms with E-state index < -0.39 is 0 Å². The van der Waals surface area contributed by atoms with Gasteiger partial charge in [0, 0.05) is 31.4 Å². The minimum Gasteiger partial charge on any atom is -0.437 e. The van der Waals surface area contributed by atoms with Gasteiger partial charge in [-0.25, -0.2) is 9.37 Å². The number of likely N-dealkylation sites (tertiary alicyclic amines) is 1. The number of carbonyl (C=O) groups is 1. The van der Waals surface area contributed by atoms with Crippen LogP contribution in [-0.4, -0.2) is 41.0 Å². The predicted molar refractivity (Wildman–Crippen MR) is 106 cm³/mol. The van der Waals surface area contributed by atoms with Crippen LogP contribution in [0.4, 0.5) is 4.39 Å². The van der Waals surface area contributed by atoms with Crippen LogP contribution in [0.25, 0.3) is 0 Å². The van der Waals surface area contributed by atoms with E-state index in [0.717, 1.165) is 25.9 Å². The first kappa shape index (κ1) is 19.8. The number of hydrogen-bond donors (Lipinski definition) is 1. The average Bonchev–Trinajstić information content (AvgIpc) is 2.65. The van der Waals surface area contributed by atoms with Crippen LogP contribution in [0.5, 0.6) is 11.6 Å². The first-order chi connectivity index (χ1) is 12.9. The van der Waals surface area contributed by atoms with Crippen LogP contribution in [0.15, 0.2) is 41.0 Å². The number of benzene rings is 1. The molecule has 144 valence electrons. The number of carbonyl (C=O) groups excluding carboxylic acids is 1. The molecule has 27 heavy (non-hydrogen) atoms. The Morgan fingerprint density at radius 3 is 2.74 bits per heavy atom. The lowest BCUT2D eigenvalue weighted by atomic mass is 10.0. The zero-order chi connectivity index (χ0) is 19.4. The summed E-state index contributed by atoms with van der Waals surface area (Å²) in [5.41, 5.74) is 0.361. The van der Waals surface area contributed by atoms with E-state index in [2.05, 4.69) is 45.0 Å². The molecule has 0 atom stereocenters. The number of nitrogens with one attached hydrogen (secondary N) is 1. The first-order valence-electron chi connectivity index (χ1n) is 9.07. The highest BCUT2D eigenvalue weighted by atomic mass is 79.9. The molecule has 1 saturated heterocycles. The van der Waals surface area contributed by atoms with Crippen molar-refractivity contribution in [1.82, 2.24) is 15.2 Å². The summed E-state index contributed by atoms with van der Waals surface area (Å²) in [6.07, 6.45) is 3.40. The maximum Gasteiger partial charge on any atom is 0.257 e. The summed E-state index contributed by atoms with van der Waals surface area (Å²) in [5.74, 6) is 0.0107. The summed E-state index contributed by atoms with van der Waals surface area (Å²) in [6.45, 7) is 6.32. The molecule has 1 aromatic carbocycles. The van der Waals surface area contributed by atoms with Crippen molar-refractivity contribution in [2.75, 3.05) is 13.1 Å². The largest absolute Gasteiger partial charge is 0.437 e. The van der Waals surface area contributed by atoms with Crippen molar-refractivity contribution in [3.8, 4) is 11.6 Å². The molecular formula is C20H23BrFN3O2. The molecule has 1 aliphatic rings. The van der Waals surface area contributed by atoms with E-state index in [1.54, 1.807) is 18.3 Å². The lowest BCUT2D eigenvalue weighted by Gasteiger charge is -2.34. The number of pyridine rings is 1. The summed E-state index contributed by atoms with van der Waals surface area (Å²) in [5, 5.41) is 3.09. The van der Waals surface area contributed by atoms with Crippen molar-refractivity contribution in [1.29, 1.82) is 0 Å². The van der Waals surface area contributed by atoms with Gasteiger partial charge in [-0.1, -0.05) is 0 Å². The summed E-state index contributed by atoms with van der Waals surface area (Å²) >= 11 is 3.27. The molecule has 7 heteroatoms. The molecule has 1 aliphatic heterocycles. The Bertz CT molecular complexity index is 808. The molecule has 5 nitrogen and oxygen atoms in total. The van der Waals surface area contributed by atoms with E-state index in [0.29, 0.717) is 21.8 Å². The average molecular weight is 436 g/mol. The number of halogens is 2. The number of rotatable bonds is 5. The third-order valence-electron chi connectivity index (χ3n) is 4.71. The molecule has 1 aromatic heterocycles. The molecule has 0 spiro atoms. The van der Waals surface area contributed by atoms with Gasteiger partial charge in [-0.05, 0) is 73.0 Å². The Labute approximate surface area is 167 Å². The summed E-state index contributed by atoms with van der Waals surface area (Å²) in [6, 6.07) is 8.14. The van der Waals surface area contributed by atoms with Crippen molar-refractivity contribution in [3.05, 3.63) is 52.4 Å². The molecule has 0 saturated carbocycles. The number of amides is 1. The van der Waals surface area contributed by atoms with Crippen LogP contribution in [-0.2, 0) is 0 Å². The van der Waals surface area contributed by atoms with Crippen LogP contribution in [0.3, 0.4) is 0 Å². The minimum atomic E-state index is -0.374. The van der Waals surface area contributed by atoms with Gasteiger partial charge in [0.05, 0.1) is 4.47 Å². The zero-order valence-electron chi connectivity index (χ0n) is 15.4. The normalized spacial score (nSPS) is 15.7. The second-order valence-electron chi connectivity index (χ2n) is 6.91. The van der Waals surface area contributed by atoms with Crippen molar-refractivity contribution in [3.63, 3.8) is 0 Å². The Hall–Kier alpha value is -1.99. The number of piperidine rings is 1. The van der Waals surface area contributed by atoms with E-state index in [1.165, 1.54) is 18.2 Å². The molecule has 0 unspecified atom stereocenters. The number of nitrogens with zero attached hydrogens (tertiary/aromatic N) is 2. The van der Waals surface area contributed by atoms with E-state index in [9.17, 15) is 9.18 Å². The van der Waals surface area contributed by atoms with Crippen molar-refractivity contribution < 1.29 is 13.9 Å². The van der Waals surface area contributed by atoms with Gasteiger partial charge in [0.15, 0.2) is 0 Å². The second-order valence-corrected chi connectivity index (χ2v) is 7.76. The molecule has 1 N–H and O–H groups in total. The molecule has 2 aromatic rings. The fourth-order valence-electron chi connectivity index (χ4n) is 3.13. The standard InChI is InChI=1S/C20H23BrFN3O2/c1-13(2)25-10-7-15(8-11-25)24-19(26)16-4-3-9-23-20(16)27-18-6-5-14(22)12-17(18)21/h3-6,9,12-13,15H,7-8,10-11H2,1-2H3,(H,24,26). The van der Waals surface area contributed by atoms with Crippen LogP contribution >= 0.6 is 15.9 Å². The topological polar surface area (TPSA) is 54.5 Å². The van der Waals surface area contributed by atoms with Gasteiger partial charge in [-0.2, -0.15) is 0 Å². The van der Waals surface area contributed by atoms with Gasteiger partial charge < -0.3 is 15.0 Å². The molecule has 0 bridgehead atoms. The third-order valence-corrected chi connectivity index (χ3v) is 5.33. The van der Waals surface area contributed by atoms with Crippen LogP contribution < -0.4 is 10.1 Å². The molecule has 0 aliphatic carbocycles. The van der Waals surface area contributed by atoms with E-state index in [1.807, 2.05) is 0 Å². The molecule has 0 radical (unpaired) electrons. The van der Waals surface area contributed by atoms with Gasteiger partial charge in [-0.3, -0.25) is 4.79 Å². The lowest BCUT2D eigenvalue weighted by molar-refractivity contribution is 0.0897. The monoisotopic (exact) mass is 435 g/mol. The fraction of sp³-hybridized carbons (Fsp3) is 0.400. The number of aromatic nitrogens is 1. The van der Waals surface area contributed by atoms with E-state index >= 15 is 0 Å². The van der Waals surface area contributed by atoms with Gasteiger partial charge >= 0.3 is 0 Å². The van der Waals surface area contributed by atoms with Crippen molar-refractivity contribution in [2.45, 2.75) is 38.8 Å². The molecule has 3 rings (SSSR count). The van der Waals surface area contributed by atoms with Gasteiger partial charge in [0.1, 0.15) is 17.1 Å². The zero-order valence-corrected chi connectivity index (χ0v) is 17.0. The minimum absolute atomic E-state index is 0.137. The Kier molecular flexibility index (Phi) is 6.44. The SMILES string of the molecule is CC(C)N1CCC(NC(=O)c2cccnc2Oc2ccc(F)cc2Br)CC1. The lowest BCUT2D eigenvalue weighted by Crippen LogP contribution is -2.46. The Morgan fingerprint density at radius 1 is 1.33 bits per heavy atom. The highest BCUT2D eigenvalue weighted by molar-refractivity contribution is 9.10. The fourth-order valence-corrected chi connectivity index (χ4v) is 3.56. The van der Waals surface area contributed by atoms with Crippen LogP contribution in [0.1, 0.15) is 37.0 Å². The summed E-state index contributed by atoms with van der Waals surface area (Å²) in [7, 11) is 0. The molecule has 1 fully saturated rings. The summed E-state index contributed by atoms with van der Waals surface area (Å²) in [4.78, 5) is 19.4. The van der Waals surface area contributed by atoms with Crippen LogP contribution in [0.2, 0.25) is 0 Å². The summed E-state index contributed by atoms with van der Waals surface area (Å²) < 4.78 is 19.5. The number of hydrogen-bond acceptors (Lipinski definition) is 4.